The highest BCUT2D eigenvalue weighted by Gasteiger charge is 2.40. The van der Waals surface area contributed by atoms with Crippen LogP contribution < -0.4 is 4.90 Å². The van der Waals surface area contributed by atoms with Crippen molar-refractivity contribution in [3.8, 4) is 33.9 Å². The van der Waals surface area contributed by atoms with Crippen molar-refractivity contribution in [1.82, 2.24) is 15.0 Å². The summed E-state index contributed by atoms with van der Waals surface area (Å²) in [6.45, 7) is 11.8. The monoisotopic (exact) mass is 902 g/mol. The molecule has 0 fully saturated rings. The molecule has 0 atom stereocenters. The van der Waals surface area contributed by atoms with Crippen LogP contribution in [0.2, 0.25) is 0 Å². The summed E-state index contributed by atoms with van der Waals surface area (Å²) < 4.78 is 0. The first kappa shape index (κ1) is 40.2. The van der Waals surface area contributed by atoms with Gasteiger partial charge in [0.1, 0.15) is 0 Å². The molecule has 0 spiro atoms. The lowest BCUT2D eigenvalue weighted by atomic mass is 9.79. The molecule has 1 aromatic heterocycles. The maximum absolute atomic E-state index is 5.54. The minimum atomic E-state index is -0.307. The molecule has 0 amide bonds. The zero-order chi connectivity index (χ0) is 46.3. The van der Waals surface area contributed by atoms with Crippen LogP contribution in [-0.2, 0) is 10.8 Å². The lowest BCUT2D eigenvalue weighted by molar-refractivity contribution is 0.596. The van der Waals surface area contributed by atoms with Crippen LogP contribution in [0, 0.1) is 0 Å². The van der Waals surface area contributed by atoms with Gasteiger partial charge in [-0.1, -0.05) is 198 Å². The maximum Gasteiger partial charge on any atom is 0.238 e. The van der Waals surface area contributed by atoms with Crippen LogP contribution in [0.25, 0.3) is 98.5 Å². The smallest absolute Gasteiger partial charge is 0.238 e. The number of rotatable bonds is 3. The van der Waals surface area contributed by atoms with Gasteiger partial charge in [-0.2, -0.15) is 9.97 Å². The fourth-order valence-corrected chi connectivity index (χ4v) is 12.7. The van der Waals surface area contributed by atoms with Crippen LogP contribution in [0.1, 0.15) is 51.3 Å². The zero-order valence-corrected chi connectivity index (χ0v) is 39.9. The summed E-state index contributed by atoms with van der Waals surface area (Å²) in [5, 5.41) is 14.7. The summed E-state index contributed by atoms with van der Waals surface area (Å²) >= 11 is 1.84. The highest BCUT2D eigenvalue weighted by atomic mass is 32.2. The van der Waals surface area contributed by atoms with Crippen LogP contribution >= 0.6 is 11.8 Å². The van der Waals surface area contributed by atoms with Crippen LogP contribution in [0.3, 0.4) is 0 Å². The van der Waals surface area contributed by atoms with E-state index in [2.05, 4.69) is 228 Å². The Morgan fingerprint density at radius 2 is 0.884 bits per heavy atom. The Balaban J connectivity index is 1.04. The summed E-state index contributed by atoms with van der Waals surface area (Å²) in [6, 6.07) is 69.0. The predicted octanol–water partition coefficient (Wildman–Crippen LogP) is 17.7. The molecular formula is C64H46N4S. The molecule has 11 aromatic carbocycles. The molecule has 0 radical (unpaired) electrons. The quantitative estimate of drug-likeness (QED) is 0.165. The molecule has 5 heteroatoms. The van der Waals surface area contributed by atoms with Crippen LogP contribution in [0.15, 0.2) is 198 Å². The van der Waals surface area contributed by atoms with Gasteiger partial charge in [-0.3, -0.25) is 4.90 Å². The minimum Gasteiger partial charge on any atom is -0.277 e. The number of anilines is 3. The molecule has 0 unspecified atom stereocenters. The number of hydrogen-bond acceptors (Lipinski definition) is 5. The van der Waals surface area contributed by atoms with Crippen LogP contribution in [0.5, 0.6) is 0 Å². The van der Waals surface area contributed by atoms with Gasteiger partial charge in [0.2, 0.25) is 5.95 Å². The van der Waals surface area contributed by atoms with Crippen LogP contribution in [-0.4, -0.2) is 15.0 Å². The second kappa shape index (κ2) is 14.6. The Kier molecular flexibility index (Phi) is 8.50. The summed E-state index contributed by atoms with van der Waals surface area (Å²) in [5.74, 6) is 1.86. The third kappa shape index (κ3) is 6.00. The fourth-order valence-electron chi connectivity index (χ4n) is 11.6. The summed E-state index contributed by atoms with van der Waals surface area (Å²) in [4.78, 5) is 21.1. The number of nitrogens with zero attached hydrogens (tertiary/aromatic N) is 4. The van der Waals surface area contributed by atoms with E-state index in [1.54, 1.807) is 0 Å². The average molecular weight is 903 g/mol. The summed E-state index contributed by atoms with van der Waals surface area (Å²) in [6.07, 6.45) is 0. The molecule has 0 N–H and O–H groups in total. The molecule has 0 saturated carbocycles. The van der Waals surface area contributed by atoms with Gasteiger partial charge in [0.05, 0.1) is 11.4 Å². The van der Waals surface area contributed by atoms with Gasteiger partial charge >= 0.3 is 0 Å². The Hall–Kier alpha value is -7.86. The zero-order valence-electron chi connectivity index (χ0n) is 39.1. The van der Waals surface area contributed by atoms with Gasteiger partial charge < -0.3 is 0 Å². The lowest BCUT2D eigenvalue weighted by Crippen LogP contribution is -2.21. The van der Waals surface area contributed by atoms with Crippen molar-refractivity contribution in [2.75, 3.05) is 4.90 Å². The fraction of sp³-hybridized carbons (Fsp3) is 0.109. The van der Waals surface area contributed by atoms with E-state index in [0.717, 1.165) is 59.2 Å². The number of hydrogen-bond donors (Lipinski definition) is 0. The molecule has 1 aliphatic carbocycles. The Labute approximate surface area is 405 Å². The van der Waals surface area contributed by atoms with E-state index in [1.807, 2.05) is 11.8 Å². The second-order valence-corrected chi connectivity index (χ2v) is 21.5. The second-order valence-electron chi connectivity index (χ2n) is 20.4. The average Bonchev–Trinajstić information content (AvgIpc) is 3.58. The van der Waals surface area contributed by atoms with Gasteiger partial charge in [-0.25, -0.2) is 4.98 Å². The van der Waals surface area contributed by atoms with Gasteiger partial charge in [-0.05, 0) is 134 Å². The first-order valence-electron chi connectivity index (χ1n) is 23.9. The van der Waals surface area contributed by atoms with Gasteiger partial charge in [0.25, 0.3) is 0 Å². The minimum absolute atomic E-state index is 0.0190. The van der Waals surface area contributed by atoms with E-state index in [-0.39, 0.29) is 10.8 Å². The first-order valence-corrected chi connectivity index (χ1v) is 24.7. The molecular weight excluding hydrogens is 857 g/mol. The highest BCUT2D eigenvalue weighted by Crippen LogP contribution is 2.59. The molecule has 12 aromatic rings. The summed E-state index contributed by atoms with van der Waals surface area (Å²) in [7, 11) is 0. The van der Waals surface area contributed by atoms with Crippen molar-refractivity contribution in [2.45, 2.75) is 55.2 Å². The van der Waals surface area contributed by atoms with Crippen LogP contribution in [0.4, 0.5) is 17.3 Å². The molecule has 0 saturated heterocycles. The van der Waals surface area contributed by atoms with E-state index in [9.17, 15) is 0 Å². The third-order valence-electron chi connectivity index (χ3n) is 15.0. The van der Waals surface area contributed by atoms with Crippen molar-refractivity contribution in [2.24, 2.45) is 0 Å². The number of fused-ring (bicyclic) bond motifs is 14. The molecule has 1 aliphatic heterocycles. The van der Waals surface area contributed by atoms with E-state index in [4.69, 9.17) is 15.0 Å². The normalized spacial score (nSPS) is 13.9. The highest BCUT2D eigenvalue weighted by molar-refractivity contribution is 7.99. The van der Waals surface area contributed by atoms with Crippen molar-refractivity contribution < 1.29 is 0 Å². The number of aromatic nitrogens is 3. The molecule has 328 valence electrons. The molecule has 0 bridgehead atoms. The SMILES string of the molecule is CC(C)(C)c1cccc2c3cc4c(cc3c3ccccc3c12)C(C)(C)c1cc2c(cc1-4)Sc1cc3ccccc3cc1N2c1nc(-c2cccc3ccccc23)nc(-c2cccc3ccccc23)n1. The van der Waals surface area contributed by atoms with Crippen molar-refractivity contribution in [1.29, 1.82) is 0 Å². The molecule has 4 nitrogen and oxygen atoms in total. The van der Waals surface area contributed by atoms with Gasteiger partial charge in [-0.15, -0.1) is 0 Å². The molecule has 2 aliphatic rings. The van der Waals surface area contributed by atoms with E-state index in [0.29, 0.717) is 17.6 Å². The van der Waals surface area contributed by atoms with Crippen molar-refractivity contribution in [3.05, 3.63) is 205 Å². The standard InChI is InChI=1S/C64H46N4S/c1-63(2,3)52-30-16-27-45-48-33-50-51-35-58-56(36-54(51)64(4,5)53(50)34-49(48)43-25-12-13-26-44(43)59(45)52)68(55-31-39-19-6-7-20-40(39)32-57(55)69-58)62-66-60(46-28-14-21-37-17-8-10-23-41(37)46)65-61(67-62)47-29-15-22-38-18-9-11-24-42(38)47/h6-36H,1-5H3. The molecule has 2 heterocycles. The first-order chi connectivity index (χ1) is 33.6. The molecule has 69 heavy (non-hydrogen) atoms. The topological polar surface area (TPSA) is 41.9 Å². The van der Waals surface area contributed by atoms with E-state index >= 15 is 0 Å². The Morgan fingerprint density at radius 1 is 0.406 bits per heavy atom. The third-order valence-corrected chi connectivity index (χ3v) is 16.1. The molecule has 14 rings (SSSR count). The largest absolute Gasteiger partial charge is 0.277 e. The van der Waals surface area contributed by atoms with Gasteiger partial charge in [0.15, 0.2) is 11.6 Å². The number of benzene rings is 11. The summed E-state index contributed by atoms with van der Waals surface area (Å²) in [5.41, 5.74) is 10.3. The lowest BCUT2D eigenvalue weighted by Gasteiger charge is -2.33. The maximum atomic E-state index is 5.54. The van der Waals surface area contributed by atoms with Gasteiger partial charge in [0, 0.05) is 26.3 Å². The van der Waals surface area contributed by atoms with E-state index in [1.165, 1.54) is 65.5 Å². The Bertz CT molecular complexity index is 4090. The Morgan fingerprint density at radius 3 is 1.55 bits per heavy atom. The van der Waals surface area contributed by atoms with Crippen molar-refractivity contribution >= 4 is 93.7 Å². The van der Waals surface area contributed by atoms with E-state index < -0.39 is 0 Å². The van der Waals surface area contributed by atoms with Crippen molar-refractivity contribution in [3.63, 3.8) is 0 Å². The predicted molar refractivity (Wildman–Crippen MR) is 291 cm³/mol.